The molecule has 0 spiro atoms. The normalized spacial score (nSPS) is 20.6. The topological polar surface area (TPSA) is 15.3 Å². The average molecular weight is 246 g/mol. The van der Waals surface area contributed by atoms with Crippen LogP contribution in [0.5, 0.6) is 0 Å². The summed E-state index contributed by atoms with van der Waals surface area (Å²) in [5.74, 6) is 0. The van der Waals surface area contributed by atoms with Crippen molar-refractivity contribution in [1.29, 1.82) is 0 Å². The third kappa shape index (κ3) is 3.82. The van der Waals surface area contributed by atoms with Gasteiger partial charge >= 0.3 is 0 Å². The van der Waals surface area contributed by atoms with E-state index >= 15 is 0 Å². The summed E-state index contributed by atoms with van der Waals surface area (Å²) in [6.45, 7) is 8.23. The number of rotatable bonds is 5. The van der Waals surface area contributed by atoms with Crippen LogP contribution in [0.2, 0.25) is 0 Å². The maximum Gasteiger partial charge on any atom is 0.0292 e. The zero-order chi connectivity index (χ0) is 12.8. The second kappa shape index (κ2) is 6.91. The van der Waals surface area contributed by atoms with Crippen molar-refractivity contribution < 1.29 is 0 Å². The zero-order valence-corrected chi connectivity index (χ0v) is 11.7. The molecule has 18 heavy (non-hydrogen) atoms. The lowest BCUT2D eigenvalue weighted by molar-refractivity contribution is 0.168. The van der Waals surface area contributed by atoms with E-state index in [0.29, 0.717) is 12.1 Å². The van der Waals surface area contributed by atoms with Gasteiger partial charge in [0, 0.05) is 18.6 Å². The molecular formula is C16H26N2. The SMILES string of the molecule is CC(NCC(C)N1CCCCC1)c1ccccc1. The van der Waals surface area contributed by atoms with Crippen molar-refractivity contribution in [3.05, 3.63) is 35.9 Å². The molecule has 0 radical (unpaired) electrons. The molecule has 1 heterocycles. The average Bonchev–Trinajstić information content (AvgIpc) is 2.46. The molecule has 1 saturated heterocycles. The van der Waals surface area contributed by atoms with Gasteiger partial charge in [0.1, 0.15) is 0 Å². The summed E-state index contributed by atoms with van der Waals surface area (Å²) in [6, 6.07) is 11.8. The van der Waals surface area contributed by atoms with E-state index in [1.807, 2.05) is 0 Å². The molecule has 2 nitrogen and oxygen atoms in total. The molecule has 0 aliphatic carbocycles. The molecule has 2 rings (SSSR count). The van der Waals surface area contributed by atoms with Gasteiger partial charge in [-0.25, -0.2) is 0 Å². The number of likely N-dealkylation sites (tertiary alicyclic amines) is 1. The van der Waals surface area contributed by atoms with Crippen LogP contribution in [0.25, 0.3) is 0 Å². The smallest absolute Gasteiger partial charge is 0.0292 e. The minimum absolute atomic E-state index is 0.443. The molecule has 0 amide bonds. The molecule has 2 atom stereocenters. The highest BCUT2D eigenvalue weighted by Crippen LogP contribution is 2.14. The zero-order valence-electron chi connectivity index (χ0n) is 11.7. The summed E-state index contributed by atoms with van der Waals surface area (Å²) < 4.78 is 0. The summed E-state index contributed by atoms with van der Waals surface area (Å²) in [7, 11) is 0. The first-order valence-corrected chi connectivity index (χ1v) is 7.30. The van der Waals surface area contributed by atoms with Crippen LogP contribution in [-0.4, -0.2) is 30.6 Å². The lowest BCUT2D eigenvalue weighted by atomic mass is 10.1. The fraction of sp³-hybridized carbons (Fsp3) is 0.625. The fourth-order valence-electron chi connectivity index (χ4n) is 2.70. The summed E-state index contributed by atoms with van der Waals surface area (Å²) >= 11 is 0. The molecule has 1 aliphatic rings. The minimum atomic E-state index is 0.443. The van der Waals surface area contributed by atoms with Crippen LogP contribution in [0, 0.1) is 0 Å². The maximum absolute atomic E-state index is 3.65. The van der Waals surface area contributed by atoms with Crippen molar-refractivity contribution in [2.75, 3.05) is 19.6 Å². The van der Waals surface area contributed by atoms with Gasteiger partial charge < -0.3 is 5.32 Å². The van der Waals surface area contributed by atoms with Gasteiger partial charge in [-0.15, -0.1) is 0 Å². The van der Waals surface area contributed by atoms with Crippen molar-refractivity contribution in [2.24, 2.45) is 0 Å². The highest BCUT2D eigenvalue weighted by Gasteiger charge is 2.17. The Labute approximate surface area is 111 Å². The van der Waals surface area contributed by atoms with Gasteiger partial charge in [0.2, 0.25) is 0 Å². The first-order valence-electron chi connectivity index (χ1n) is 7.30. The van der Waals surface area contributed by atoms with E-state index in [1.165, 1.54) is 37.9 Å². The van der Waals surface area contributed by atoms with Gasteiger partial charge in [0.15, 0.2) is 0 Å². The van der Waals surface area contributed by atoms with E-state index in [2.05, 4.69) is 54.4 Å². The molecule has 0 saturated carbocycles. The Morgan fingerprint density at radius 2 is 1.72 bits per heavy atom. The number of benzene rings is 1. The summed E-state index contributed by atoms with van der Waals surface area (Å²) in [5, 5.41) is 3.65. The van der Waals surface area contributed by atoms with Gasteiger partial charge in [0.05, 0.1) is 0 Å². The van der Waals surface area contributed by atoms with E-state index in [9.17, 15) is 0 Å². The Morgan fingerprint density at radius 3 is 2.39 bits per heavy atom. The molecule has 0 aromatic heterocycles. The monoisotopic (exact) mass is 246 g/mol. The van der Waals surface area contributed by atoms with Crippen molar-refractivity contribution in [1.82, 2.24) is 10.2 Å². The molecule has 1 fully saturated rings. The Bertz CT molecular complexity index is 330. The van der Waals surface area contributed by atoms with Gasteiger partial charge in [0.25, 0.3) is 0 Å². The summed E-state index contributed by atoms with van der Waals surface area (Å²) in [4.78, 5) is 2.62. The molecule has 1 aromatic carbocycles. The number of piperidine rings is 1. The third-order valence-corrected chi connectivity index (χ3v) is 4.03. The van der Waals surface area contributed by atoms with Crippen LogP contribution < -0.4 is 5.32 Å². The molecule has 100 valence electrons. The van der Waals surface area contributed by atoms with Crippen LogP contribution in [0.3, 0.4) is 0 Å². The molecule has 1 aliphatic heterocycles. The van der Waals surface area contributed by atoms with Crippen LogP contribution in [0.1, 0.15) is 44.7 Å². The second-order valence-corrected chi connectivity index (χ2v) is 5.49. The van der Waals surface area contributed by atoms with E-state index in [4.69, 9.17) is 0 Å². The minimum Gasteiger partial charge on any atom is -0.309 e. The lowest BCUT2D eigenvalue weighted by Gasteiger charge is -2.33. The van der Waals surface area contributed by atoms with Crippen LogP contribution >= 0.6 is 0 Å². The van der Waals surface area contributed by atoms with Gasteiger partial charge in [-0.05, 0) is 45.3 Å². The van der Waals surface area contributed by atoms with E-state index in [-0.39, 0.29) is 0 Å². The predicted octanol–water partition coefficient (Wildman–Crippen LogP) is 3.21. The number of hydrogen-bond acceptors (Lipinski definition) is 2. The van der Waals surface area contributed by atoms with Crippen molar-refractivity contribution in [3.8, 4) is 0 Å². The standard InChI is InChI=1S/C16H26N2/c1-14(18-11-7-4-8-12-18)13-17-15(2)16-9-5-3-6-10-16/h3,5-6,9-10,14-15,17H,4,7-8,11-13H2,1-2H3. The summed E-state index contributed by atoms with van der Waals surface area (Å²) in [6.07, 6.45) is 4.16. The highest BCUT2D eigenvalue weighted by atomic mass is 15.2. The van der Waals surface area contributed by atoms with Crippen molar-refractivity contribution in [2.45, 2.75) is 45.2 Å². The molecule has 2 unspecified atom stereocenters. The Hall–Kier alpha value is -0.860. The van der Waals surface area contributed by atoms with E-state index < -0.39 is 0 Å². The molecule has 1 N–H and O–H groups in total. The Kier molecular flexibility index (Phi) is 5.21. The number of nitrogens with one attached hydrogen (secondary N) is 1. The Balaban J connectivity index is 1.76. The maximum atomic E-state index is 3.65. The second-order valence-electron chi connectivity index (χ2n) is 5.49. The van der Waals surface area contributed by atoms with Crippen LogP contribution in [0.4, 0.5) is 0 Å². The molecular weight excluding hydrogens is 220 g/mol. The first-order chi connectivity index (χ1) is 8.77. The first kappa shape index (κ1) is 13.6. The van der Waals surface area contributed by atoms with Crippen molar-refractivity contribution in [3.63, 3.8) is 0 Å². The van der Waals surface area contributed by atoms with Gasteiger partial charge in [-0.2, -0.15) is 0 Å². The molecule has 2 heteroatoms. The fourth-order valence-corrected chi connectivity index (χ4v) is 2.70. The van der Waals surface area contributed by atoms with E-state index in [0.717, 1.165) is 6.54 Å². The third-order valence-electron chi connectivity index (χ3n) is 4.03. The number of hydrogen-bond donors (Lipinski definition) is 1. The van der Waals surface area contributed by atoms with E-state index in [1.54, 1.807) is 0 Å². The number of nitrogens with zero attached hydrogens (tertiary/aromatic N) is 1. The lowest BCUT2D eigenvalue weighted by Crippen LogP contribution is -2.43. The molecule has 1 aromatic rings. The quantitative estimate of drug-likeness (QED) is 0.858. The van der Waals surface area contributed by atoms with Crippen molar-refractivity contribution >= 4 is 0 Å². The summed E-state index contributed by atoms with van der Waals surface area (Å²) in [5.41, 5.74) is 1.38. The van der Waals surface area contributed by atoms with Crippen LogP contribution in [-0.2, 0) is 0 Å². The van der Waals surface area contributed by atoms with Gasteiger partial charge in [-0.1, -0.05) is 36.8 Å². The van der Waals surface area contributed by atoms with Gasteiger partial charge in [-0.3, -0.25) is 4.90 Å². The van der Waals surface area contributed by atoms with Crippen LogP contribution in [0.15, 0.2) is 30.3 Å². The predicted molar refractivity (Wildman–Crippen MR) is 77.7 cm³/mol. The Morgan fingerprint density at radius 1 is 1.06 bits per heavy atom. The highest BCUT2D eigenvalue weighted by molar-refractivity contribution is 5.18. The largest absolute Gasteiger partial charge is 0.309 e. The molecule has 0 bridgehead atoms.